The molecule has 0 saturated heterocycles. The van der Waals surface area contributed by atoms with Gasteiger partial charge in [0.2, 0.25) is 0 Å². The number of ether oxygens (including phenoxy) is 1. The molecule has 0 aliphatic heterocycles. The standard InChI is InChI=1S/C19H18ClF3N2O5S/c20-12-9-10-14(16(26)17(12)31(28,29)11-5-1-2-6-11)25-18(27)24-13-7-3-4-8-15(13)30-19(21,22)23/h3-4,7-11,26H,1-2,5-6H2,(H2,24,25,27). The largest absolute Gasteiger partial charge is 0.573 e. The summed E-state index contributed by atoms with van der Waals surface area (Å²) in [5.74, 6) is -1.38. The first kappa shape index (κ1) is 23.0. The zero-order valence-electron chi connectivity index (χ0n) is 15.9. The van der Waals surface area contributed by atoms with Gasteiger partial charge in [0.1, 0.15) is 4.90 Å². The lowest BCUT2D eigenvalue weighted by Crippen LogP contribution is -2.23. The van der Waals surface area contributed by atoms with Gasteiger partial charge in [-0.1, -0.05) is 36.6 Å². The highest BCUT2D eigenvalue weighted by Crippen LogP contribution is 2.41. The van der Waals surface area contributed by atoms with Crippen molar-refractivity contribution in [3.63, 3.8) is 0 Å². The summed E-state index contributed by atoms with van der Waals surface area (Å²) in [6.07, 6.45) is -2.62. The maximum atomic E-state index is 12.9. The summed E-state index contributed by atoms with van der Waals surface area (Å²) in [6, 6.07) is 6.22. The molecular formula is C19H18ClF3N2O5S. The van der Waals surface area contributed by atoms with Gasteiger partial charge in [-0.15, -0.1) is 13.2 Å². The van der Waals surface area contributed by atoms with Crippen LogP contribution in [0.2, 0.25) is 5.02 Å². The van der Waals surface area contributed by atoms with Gasteiger partial charge in [0.05, 0.1) is 21.6 Å². The Morgan fingerprint density at radius 1 is 1.06 bits per heavy atom. The van der Waals surface area contributed by atoms with E-state index < -0.39 is 43.9 Å². The number of anilines is 2. The minimum Gasteiger partial charge on any atom is -0.504 e. The molecule has 7 nitrogen and oxygen atoms in total. The quantitative estimate of drug-likeness (QED) is 0.505. The number of benzene rings is 2. The minimum atomic E-state index is -4.97. The van der Waals surface area contributed by atoms with Crippen LogP contribution in [0.1, 0.15) is 25.7 Å². The molecule has 1 aliphatic carbocycles. The Morgan fingerprint density at radius 3 is 2.32 bits per heavy atom. The molecule has 0 heterocycles. The fraction of sp³-hybridized carbons (Fsp3) is 0.316. The maximum Gasteiger partial charge on any atom is 0.573 e. The van der Waals surface area contributed by atoms with Crippen LogP contribution in [0.3, 0.4) is 0 Å². The molecule has 3 N–H and O–H groups in total. The van der Waals surface area contributed by atoms with E-state index >= 15 is 0 Å². The molecule has 2 aromatic rings. The molecule has 0 aromatic heterocycles. The number of carbonyl (C=O) groups excluding carboxylic acids is 1. The molecule has 0 spiro atoms. The van der Waals surface area contributed by atoms with Gasteiger partial charge in [0.25, 0.3) is 0 Å². The van der Waals surface area contributed by atoms with Gasteiger partial charge in [-0.2, -0.15) is 0 Å². The number of phenolic OH excluding ortho intramolecular Hbond substituents is 1. The van der Waals surface area contributed by atoms with Gasteiger partial charge in [-0.3, -0.25) is 0 Å². The first-order valence-corrected chi connectivity index (χ1v) is 11.1. The third-order valence-corrected chi connectivity index (χ3v) is 7.48. The Morgan fingerprint density at radius 2 is 1.68 bits per heavy atom. The average molecular weight is 479 g/mol. The van der Waals surface area contributed by atoms with Crippen molar-refractivity contribution in [1.29, 1.82) is 0 Å². The van der Waals surface area contributed by atoms with E-state index in [2.05, 4.69) is 15.4 Å². The van der Waals surface area contributed by atoms with Crippen LogP contribution in [0.4, 0.5) is 29.3 Å². The normalized spacial score (nSPS) is 15.0. The number of rotatable bonds is 5. The smallest absolute Gasteiger partial charge is 0.504 e. The van der Waals surface area contributed by atoms with E-state index in [0.29, 0.717) is 12.8 Å². The van der Waals surface area contributed by atoms with Gasteiger partial charge >= 0.3 is 12.4 Å². The predicted molar refractivity (Wildman–Crippen MR) is 108 cm³/mol. The molecule has 1 fully saturated rings. The molecule has 0 atom stereocenters. The van der Waals surface area contributed by atoms with Crippen LogP contribution in [0.5, 0.6) is 11.5 Å². The maximum absolute atomic E-state index is 12.9. The van der Waals surface area contributed by atoms with Crippen LogP contribution in [-0.2, 0) is 9.84 Å². The number of nitrogens with one attached hydrogen (secondary N) is 2. The van der Waals surface area contributed by atoms with Crippen LogP contribution in [0.25, 0.3) is 0 Å². The monoisotopic (exact) mass is 478 g/mol. The molecule has 31 heavy (non-hydrogen) atoms. The molecular weight excluding hydrogens is 461 g/mol. The Hall–Kier alpha value is -2.66. The fourth-order valence-electron chi connectivity index (χ4n) is 3.34. The highest BCUT2D eigenvalue weighted by Gasteiger charge is 2.35. The van der Waals surface area contributed by atoms with Crippen molar-refractivity contribution in [3.05, 3.63) is 41.4 Å². The number of aromatic hydroxyl groups is 1. The van der Waals surface area contributed by atoms with Crippen molar-refractivity contribution in [2.45, 2.75) is 42.2 Å². The number of halogens is 4. The van der Waals surface area contributed by atoms with Crippen LogP contribution in [0, 0.1) is 0 Å². The zero-order chi connectivity index (χ0) is 22.8. The second-order valence-electron chi connectivity index (χ2n) is 6.85. The lowest BCUT2D eigenvalue weighted by atomic mass is 10.3. The number of carbonyl (C=O) groups is 1. The topological polar surface area (TPSA) is 105 Å². The molecule has 0 radical (unpaired) electrons. The van der Waals surface area contributed by atoms with Crippen molar-refractivity contribution in [2.75, 3.05) is 10.6 Å². The number of alkyl halides is 3. The summed E-state index contributed by atoms with van der Waals surface area (Å²) in [7, 11) is -3.94. The predicted octanol–water partition coefficient (Wildman–Crippen LogP) is 5.30. The lowest BCUT2D eigenvalue weighted by Gasteiger charge is -2.17. The number of amides is 2. The highest BCUT2D eigenvalue weighted by atomic mass is 35.5. The number of urea groups is 1. The van der Waals surface area contributed by atoms with Crippen molar-refractivity contribution >= 4 is 38.8 Å². The van der Waals surface area contributed by atoms with Crippen molar-refractivity contribution < 1.29 is 36.2 Å². The van der Waals surface area contributed by atoms with Crippen LogP contribution >= 0.6 is 11.6 Å². The van der Waals surface area contributed by atoms with Crippen LogP contribution in [0.15, 0.2) is 41.3 Å². The van der Waals surface area contributed by atoms with Gasteiger partial charge in [0, 0.05) is 0 Å². The number of para-hydroxylation sites is 2. The summed E-state index contributed by atoms with van der Waals surface area (Å²) >= 11 is 6.02. The molecule has 2 amide bonds. The van der Waals surface area contributed by atoms with Gasteiger partial charge in [0.15, 0.2) is 21.3 Å². The van der Waals surface area contributed by atoms with Crippen molar-refractivity contribution in [2.24, 2.45) is 0 Å². The average Bonchev–Trinajstić information content (AvgIpc) is 3.20. The van der Waals surface area contributed by atoms with Crippen molar-refractivity contribution in [1.82, 2.24) is 0 Å². The third-order valence-electron chi connectivity index (χ3n) is 4.72. The Labute approximate surface area is 181 Å². The number of phenols is 1. The molecule has 1 saturated carbocycles. The first-order chi connectivity index (χ1) is 14.5. The SMILES string of the molecule is O=C(Nc1ccccc1OC(F)(F)F)Nc1ccc(Cl)c(S(=O)(=O)C2CCCC2)c1O. The van der Waals surface area contributed by atoms with E-state index in [0.717, 1.165) is 18.9 Å². The summed E-state index contributed by atoms with van der Waals surface area (Å²) in [4.78, 5) is 11.8. The van der Waals surface area contributed by atoms with Crippen LogP contribution < -0.4 is 15.4 Å². The summed E-state index contributed by atoms with van der Waals surface area (Å²) in [5, 5.41) is 14.0. The van der Waals surface area contributed by atoms with E-state index in [4.69, 9.17) is 11.6 Å². The Bertz CT molecular complexity index is 1090. The fourth-order valence-corrected chi connectivity index (χ4v) is 5.82. The Kier molecular flexibility index (Phi) is 6.56. The second kappa shape index (κ2) is 8.83. The Balaban J connectivity index is 1.84. The van der Waals surface area contributed by atoms with E-state index in [9.17, 15) is 31.5 Å². The summed E-state index contributed by atoms with van der Waals surface area (Å²) in [6.45, 7) is 0. The first-order valence-electron chi connectivity index (χ1n) is 9.17. The molecule has 2 aromatic carbocycles. The second-order valence-corrected chi connectivity index (χ2v) is 9.42. The van der Waals surface area contributed by atoms with Crippen molar-refractivity contribution in [3.8, 4) is 11.5 Å². The minimum absolute atomic E-state index is 0.195. The van der Waals surface area contributed by atoms with E-state index in [1.165, 1.54) is 30.3 Å². The molecule has 0 unspecified atom stereocenters. The van der Waals surface area contributed by atoms with Gasteiger partial charge < -0.3 is 20.5 Å². The summed E-state index contributed by atoms with van der Waals surface area (Å²) in [5.41, 5.74) is -0.558. The van der Waals surface area contributed by atoms with Gasteiger partial charge in [-0.25, -0.2) is 13.2 Å². The zero-order valence-corrected chi connectivity index (χ0v) is 17.4. The van der Waals surface area contributed by atoms with E-state index in [-0.39, 0.29) is 16.4 Å². The van der Waals surface area contributed by atoms with Crippen LogP contribution in [-0.4, -0.2) is 31.2 Å². The molecule has 3 rings (SSSR count). The van der Waals surface area contributed by atoms with E-state index in [1.54, 1.807) is 0 Å². The molecule has 0 bridgehead atoms. The number of hydrogen-bond acceptors (Lipinski definition) is 5. The lowest BCUT2D eigenvalue weighted by molar-refractivity contribution is -0.274. The molecule has 1 aliphatic rings. The molecule has 168 valence electrons. The number of sulfone groups is 1. The summed E-state index contributed by atoms with van der Waals surface area (Å²) < 4.78 is 67.2. The third kappa shape index (κ3) is 5.34. The van der Waals surface area contributed by atoms with E-state index in [1.807, 2.05) is 0 Å². The number of hydrogen-bond donors (Lipinski definition) is 3. The highest BCUT2D eigenvalue weighted by molar-refractivity contribution is 7.92. The van der Waals surface area contributed by atoms with Gasteiger partial charge in [-0.05, 0) is 37.1 Å². The molecule has 12 heteroatoms.